The minimum absolute atomic E-state index is 0.0521. The van der Waals surface area contributed by atoms with Crippen molar-refractivity contribution in [2.75, 3.05) is 0 Å². The van der Waals surface area contributed by atoms with E-state index >= 15 is 0 Å². The van der Waals surface area contributed by atoms with Gasteiger partial charge in [-0.3, -0.25) is 9.59 Å². The van der Waals surface area contributed by atoms with Crippen molar-refractivity contribution >= 4 is 17.5 Å². The highest BCUT2D eigenvalue weighted by molar-refractivity contribution is 6.27. The van der Waals surface area contributed by atoms with Crippen LogP contribution >= 0.6 is 0 Å². The van der Waals surface area contributed by atoms with Gasteiger partial charge in [0.1, 0.15) is 17.6 Å². The Labute approximate surface area is 163 Å². The molecule has 0 fully saturated rings. The SMILES string of the molecule is C/C=C/C=C/C(=O)OC(CC=C(C)C)C1=CC(=O)c2c(O)ccc(O)c2C1=O. The zero-order valence-corrected chi connectivity index (χ0v) is 15.9. The lowest BCUT2D eigenvalue weighted by Gasteiger charge is -2.23. The van der Waals surface area contributed by atoms with Gasteiger partial charge in [-0.2, -0.15) is 0 Å². The number of aromatic hydroxyl groups is 2. The molecule has 0 saturated carbocycles. The summed E-state index contributed by atoms with van der Waals surface area (Å²) in [5, 5.41) is 20.0. The minimum atomic E-state index is -1.01. The Kier molecular flexibility index (Phi) is 6.71. The lowest BCUT2D eigenvalue weighted by Crippen LogP contribution is -2.28. The third-order valence-electron chi connectivity index (χ3n) is 4.06. The molecule has 1 aliphatic carbocycles. The third kappa shape index (κ3) is 4.65. The first-order valence-electron chi connectivity index (χ1n) is 8.75. The van der Waals surface area contributed by atoms with Crippen LogP contribution in [0.5, 0.6) is 11.5 Å². The average molecular weight is 382 g/mol. The van der Waals surface area contributed by atoms with Gasteiger partial charge in [0.2, 0.25) is 0 Å². The number of fused-ring (bicyclic) bond motifs is 1. The predicted molar refractivity (Wildman–Crippen MR) is 104 cm³/mol. The van der Waals surface area contributed by atoms with E-state index in [4.69, 9.17) is 4.74 Å². The van der Waals surface area contributed by atoms with Crippen LogP contribution in [0.4, 0.5) is 0 Å². The first kappa shape index (κ1) is 20.9. The van der Waals surface area contributed by atoms with Gasteiger partial charge in [0.25, 0.3) is 0 Å². The molecule has 2 N–H and O–H groups in total. The quantitative estimate of drug-likeness (QED) is 0.255. The minimum Gasteiger partial charge on any atom is -0.507 e. The van der Waals surface area contributed by atoms with E-state index in [-0.39, 0.29) is 23.1 Å². The predicted octanol–water partition coefficient (Wildman–Crippen LogP) is 3.80. The number of hydrogen-bond acceptors (Lipinski definition) is 6. The van der Waals surface area contributed by atoms with Gasteiger partial charge in [0.05, 0.1) is 11.1 Å². The molecule has 0 saturated heterocycles. The van der Waals surface area contributed by atoms with E-state index in [1.165, 1.54) is 12.2 Å². The van der Waals surface area contributed by atoms with Gasteiger partial charge in [-0.15, -0.1) is 0 Å². The maximum atomic E-state index is 12.9. The molecule has 1 aliphatic rings. The van der Waals surface area contributed by atoms with Crippen LogP contribution < -0.4 is 0 Å². The van der Waals surface area contributed by atoms with Crippen molar-refractivity contribution < 1.29 is 29.3 Å². The summed E-state index contributed by atoms with van der Waals surface area (Å²) in [5.74, 6) is -2.79. The second-order valence-electron chi connectivity index (χ2n) is 6.47. The van der Waals surface area contributed by atoms with E-state index in [1.807, 2.05) is 13.8 Å². The van der Waals surface area contributed by atoms with Crippen molar-refractivity contribution in [2.45, 2.75) is 33.3 Å². The second kappa shape index (κ2) is 8.99. The zero-order valence-electron chi connectivity index (χ0n) is 15.9. The molecule has 28 heavy (non-hydrogen) atoms. The number of ketones is 2. The first-order chi connectivity index (χ1) is 13.3. The summed E-state index contributed by atoms with van der Waals surface area (Å²) < 4.78 is 5.40. The molecule has 0 amide bonds. The largest absolute Gasteiger partial charge is 0.507 e. The van der Waals surface area contributed by atoms with Crippen molar-refractivity contribution in [3.8, 4) is 11.5 Å². The van der Waals surface area contributed by atoms with E-state index in [0.29, 0.717) is 0 Å². The molecule has 0 radical (unpaired) electrons. The second-order valence-corrected chi connectivity index (χ2v) is 6.47. The summed E-state index contributed by atoms with van der Waals surface area (Å²) in [6.45, 7) is 5.50. The summed E-state index contributed by atoms with van der Waals surface area (Å²) in [6.07, 6.45) is 8.11. The molecular formula is C22H22O6. The Morgan fingerprint density at radius 3 is 2.36 bits per heavy atom. The fourth-order valence-electron chi connectivity index (χ4n) is 2.73. The van der Waals surface area contributed by atoms with Crippen LogP contribution in [-0.4, -0.2) is 33.9 Å². The summed E-state index contributed by atoms with van der Waals surface area (Å²) >= 11 is 0. The van der Waals surface area contributed by atoms with Crippen LogP contribution in [0.2, 0.25) is 0 Å². The molecule has 146 valence electrons. The van der Waals surface area contributed by atoms with E-state index < -0.39 is 35.1 Å². The van der Waals surface area contributed by atoms with Crippen molar-refractivity contribution in [3.05, 3.63) is 70.9 Å². The number of ether oxygens (including phenoxy) is 1. The molecule has 1 aromatic rings. The standard InChI is InChI=1S/C22H22O6/c1-4-5-6-7-19(26)28-18(11-8-13(2)3)14-12-17(25)20-15(23)9-10-16(24)21(20)22(14)27/h4-10,12,18,23-24H,11H2,1-3H3/b5-4+,7-6+. The van der Waals surface area contributed by atoms with Gasteiger partial charge >= 0.3 is 5.97 Å². The molecule has 0 spiro atoms. The highest BCUT2D eigenvalue weighted by Crippen LogP contribution is 2.36. The normalized spacial score (nSPS) is 14.8. The van der Waals surface area contributed by atoms with Crippen LogP contribution in [0.1, 0.15) is 47.9 Å². The lowest BCUT2D eigenvalue weighted by atomic mass is 9.85. The third-order valence-corrected chi connectivity index (χ3v) is 4.06. The molecule has 0 aromatic heterocycles. The molecule has 0 heterocycles. The summed E-state index contributed by atoms with van der Waals surface area (Å²) in [6, 6.07) is 2.28. The van der Waals surface area contributed by atoms with Gasteiger partial charge in [0, 0.05) is 18.1 Å². The number of rotatable bonds is 6. The van der Waals surface area contributed by atoms with Crippen LogP contribution in [0.3, 0.4) is 0 Å². The van der Waals surface area contributed by atoms with Crippen LogP contribution in [0.25, 0.3) is 0 Å². The summed E-state index contributed by atoms with van der Waals surface area (Å²) in [7, 11) is 0. The molecule has 0 bridgehead atoms. The highest BCUT2D eigenvalue weighted by atomic mass is 16.5. The Hall–Kier alpha value is -3.41. The average Bonchev–Trinajstić information content (AvgIpc) is 2.63. The first-order valence-corrected chi connectivity index (χ1v) is 8.75. The summed E-state index contributed by atoms with van der Waals surface area (Å²) in [5.41, 5.74) is 0.351. The smallest absolute Gasteiger partial charge is 0.331 e. The number of hydrogen-bond donors (Lipinski definition) is 2. The van der Waals surface area contributed by atoms with Crippen molar-refractivity contribution in [3.63, 3.8) is 0 Å². The molecule has 0 aliphatic heterocycles. The molecular weight excluding hydrogens is 360 g/mol. The number of Topliss-reactive ketones (excluding diaryl/α,β-unsaturated/α-hetero) is 1. The zero-order chi connectivity index (χ0) is 20.8. The molecule has 1 unspecified atom stereocenters. The Bertz CT molecular complexity index is 927. The van der Waals surface area contributed by atoms with E-state index in [9.17, 15) is 24.6 Å². The number of carbonyl (C=O) groups is 3. The topological polar surface area (TPSA) is 101 Å². The van der Waals surface area contributed by atoms with Crippen LogP contribution in [-0.2, 0) is 9.53 Å². The molecule has 6 heteroatoms. The van der Waals surface area contributed by atoms with Gasteiger partial charge < -0.3 is 14.9 Å². The molecule has 6 nitrogen and oxygen atoms in total. The summed E-state index contributed by atoms with van der Waals surface area (Å²) in [4.78, 5) is 37.5. The van der Waals surface area contributed by atoms with Gasteiger partial charge in [-0.05, 0) is 39.0 Å². The number of esters is 1. The van der Waals surface area contributed by atoms with E-state index in [0.717, 1.165) is 23.8 Å². The number of phenolic OH excluding ortho intramolecular Hbond substituents is 2. The molecule has 1 atom stereocenters. The molecule has 1 aromatic carbocycles. The maximum Gasteiger partial charge on any atom is 0.331 e. The fraction of sp³-hybridized carbons (Fsp3) is 0.227. The molecule has 2 rings (SSSR count). The van der Waals surface area contributed by atoms with Crippen LogP contribution in [0.15, 0.2) is 59.7 Å². The van der Waals surface area contributed by atoms with Gasteiger partial charge in [0.15, 0.2) is 11.6 Å². The van der Waals surface area contributed by atoms with Gasteiger partial charge in [-0.25, -0.2) is 4.79 Å². The number of phenols is 2. The Morgan fingerprint density at radius 1 is 1.11 bits per heavy atom. The van der Waals surface area contributed by atoms with Gasteiger partial charge in [-0.1, -0.05) is 29.9 Å². The Balaban J connectivity index is 2.44. The van der Waals surface area contributed by atoms with E-state index in [2.05, 4.69) is 0 Å². The Morgan fingerprint density at radius 2 is 1.75 bits per heavy atom. The van der Waals surface area contributed by atoms with Crippen molar-refractivity contribution in [1.29, 1.82) is 0 Å². The van der Waals surface area contributed by atoms with E-state index in [1.54, 1.807) is 25.2 Å². The maximum absolute atomic E-state index is 12.9. The number of benzene rings is 1. The van der Waals surface area contributed by atoms with Crippen molar-refractivity contribution in [2.24, 2.45) is 0 Å². The van der Waals surface area contributed by atoms with Crippen LogP contribution in [0, 0.1) is 0 Å². The monoisotopic (exact) mass is 382 g/mol. The fourth-order valence-corrected chi connectivity index (χ4v) is 2.73. The van der Waals surface area contributed by atoms with Crippen molar-refractivity contribution in [1.82, 2.24) is 0 Å². The number of allylic oxidation sites excluding steroid dienone is 5. The lowest BCUT2D eigenvalue weighted by molar-refractivity contribution is -0.141. The highest BCUT2D eigenvalue weighted by Gasteiger charge is 2.35. The number of carbonyl (C=O) groups excluding carboxylic acids is 3.